The minimum absolute atomic E-state index is 0.357. The first kappa shape index (κ1) is 17.0. The van der Waals surface area contributed by atoms with Gasteiger partial charge in [-0.3, -0.25) is 0 Å². The van der Waals surface area contributed by atoms with Crippen LogP contribution < -0.4 is 0 Å². The maximum Gasteiger partial charge on any atom is 0.113 e. The lowest BCUT2D eigenvalue weighted by Gasteiger charge is -2.16. The Bertz CT molecular complexity index is 513. The molecule has 1 heterocycles. The van der Waals surface area contributed by atoms with Crippen LogP contribution in [-0.4, -0.2) is 15.0 Å². The number of hydrogen-bond acceptors (Lipinski definition) is 2. The van der Waals surface area contributed by atoms with E-state index in [-0.39, 0.29) is 0 Å². The standard InChI is InChI=1S/C19H30N3/c1-4-5-6-7-8-9-12-16(2)15-17(3)22-20-18-13-10-11-14-19(18)21-22/h9-11,13-14,16-17H,4-8,12,15H2,1-3H3. The average Bonchev–Trinajstić information content (AvgIpc) is 2.95. The molecule has 0 N–H and O–H groups in total. The first-order valence-electron chi connectivity index (χ1n) is 8.84. The van der Waals surface area contributed by atoms with Crippen LogP contribution in [0.4, 0.5) is 0 Å². The highest BCUT2D eigenvalue weighted by Gasteiger charge is 2.13. The summed E-state index contributed by atoms with van der Waals surface area (Å²) < 4.78 is 0. The van der Waals surface area contributed by atoms with E-state index >= 15 is 0 Å². The molecule has 0 amide bonds. The van der Waals surface area contributed by atoms with E-state index in [1.54, 1.807) is 0 Å². The molecule has 0 saturated carbocycles. The Balaban J connectivity index is 1.72. The Morgan fingerprint density at radius 1 is 1.05 bits per heavy atom. The van der Waals surface area contributed by atoms with E-state index in [4.69, 9.17) is 0 Å². The first-order valence-corrected chi connectivity index (χ1v) is 8.84. The van der Waals surface area contributed by atoms with Crippen LogP contribution in [0, 0.1) is 12.3 Å². The number of hydrogen-bond donors (Lipinski definition) is 0. The Hall–Kier alpha value is -1.38. The number of aromatic nitrogens is 3. The van der Waals surface area contributed by atoms with Crippen LogP contribution in [0.5, 0.6) is 0 Å². The minimum atomic E-state index is 0.357. The summed E-state index contributed by atoms with van der Waals surface area (Å²) in [4.78, 5) is 1.89. The molecular weight excluding hydrogens is 270 g/mol. The molecule has 1 aromatic carbocycles. The van der Waals surface area contributed by atoms with Gasteiger partial charge < -0.3 is 0 Å². The van der Waals surface area contributed by atoms with E-state index in [0.29, 0.717) is 12.0 Å². The maximum absolute atomic E-state index is 4.59. The monoisotopic (exact) mass is 300 g/mol. The molecule has 2 aromatic rings. The summed E-state index contributed by atoms with van der Waals surface area (Å²) in [6, 6.07) is 8.44. The van der Waals surface area contributed by atoms with Crippen molar-refractivity contribution in [2.45, 2.75) is 71.8 Å². The lowest BCUT2D eigenvalue weighted by atomic mass is 9.96. The van der Waals surface area contributed by atoms with Crippen molar-refractivity contribution in [1.29, 1.82) is 0 Å². The van der Waals surface area contributed by atoms with Gasteiger partial charge in [-0.05, 0) is 44.2 Å². The summed E-state index contributed by atoms with van der Waals surface area (Å²) in [7, 11) is 0. The highest BCUT2D eigenvalue weighted by molar-refractivity contribution is 5.72. The van der Waals surface area contributed by atoms with Gasteiger partial charge >= 0.3 is 0 Å². The Morgan fingerprint density at radius 3 is 2.36 bits per heavy atom. The topological polar surface area (TPSA) is 30.7 Å². The van der Waals surface area contributed by atoms with E-state index in [2.05, 4.69) is 37.4 Å². The molecule has 1 aromatic heterocycles. The van der Waals surface area contributed by atoms with Crippen LogP contribution in [0.25, 0.3) is 11.0 Å². The van der Waals surface area contributed by atoms with E-state index in [1.165, 1.54) is 38.5 Å². The van der Waals surface area contributed by atoms with Crippen molar-refractivity contribution in [2.24, 2.45) is 5.92 Å². The van der Waals surface area contributed by atoms with Gasteiger partial charge in [0, 0.05) is 0 Å². The molecule has 0 saturated heterocycles. The van der Waals surface area contributed by atoms with Crippen LogP contribution in [0.3, 0.4) is 0 Å². The van der Waals surface area contributed by atoms with E-state index in [9.17, 15) is 0 Å². The van der Waals surface area contributed by atoms with Crippen molar-refractivity contribution in [2.75, 3.05) is 0 Å². The van der Waals surface area contributed by atoms with Crippen molar-refractivity contribution >= 4 is 11.0 Å². The second-order valence-electron chi connectivity index (χ2n) is 6.57. The number of fused-ring (bicyclic) bond motifs is 1. The van der Waals surface area contributed by atoms with Gasteiger partial charge in [0.05, 0.1) is 6.04 Å². The number of rotatable bonds is 10. The molecule has 3 nitrogen and oxygen atoms in total. The molecule has 2 rings (SSSR count). The molecule has 1 radical (unpaired) electrons. The van der Waals surface area contributed by atoms with Crippen molar-refractivity contribution in [3.8, 4) is 0 Å². The molecular formula is C19H30N3. The van der Waals surface area contributed by atoms with Crippen molar-refractivity contribution < 1.29 is 0 Å². The molecule has 0 aliphatic heterocycles. The SMILES string of the molecule is CCCCCC[CH]CC(C)CC(C)n1nc2ccccc2n1. The molecule has 0 aliphatic carbocycles. The summed E-state index contributed by atoms with van der Waals surface area (Å²) in [5.41, 5.74) is 1.98. The highest BCUT2D eigenvalue weighted by Crippen LogP contribution is 2.21. The zero-order valence-corrected chi connectivity index (χ0v) is 14.3. The van der Waals surface area contributed by atoms with Crippen LogP contribution in [0.2, 0.25) is 0 Å². The largest absolute Gasteiger partial charge is 0.181 e. The average molecular weight is 300 g/mol. The number of unbranched alkanes of at least 4 members (excludes halogenated alkanes) is 5. The van der Waals surface area contributed by atoms with Gasteiger partial charge in [-0.2, -0.15) is 15.0 Å². The maximum atomic E-state index is 4.59. The molecule has 22 heavy (non-hydrogen) atoms. The lowest BCUT2D eigenvalue weighted by Crippen LogP contribution is -2.12. The van der Waals surface area contributed by atoms with E-state index in [1.807, 2.05) is 29.1 Å². The fourth-order valence-electron chi connectivity index (χ4n) is 2.96. The smallest absolute Gasteiger partial charge is 0.113 e. The summed E-state index contributed by atoms with van der Waals surface area (Å²) in [6.45, 7) is 6.82. The van der Waals surface area contributed by atoms with E-state index in [0.717, 1.165) is 17.5 Å². The van der Waals surface area contributed by atoms with Crippen molar-refractivity contribution in [3.63, 3.8) is 0 Å². The van der Waals surface area contributed by atoms with Gasteiger partial charge in [-0.1, -0.05) is 58.1 Å². The zero-order chi connectivity index (χ0) is 15.8. The second-order valence-corrected chi connectivity index (χ2v) is 6.57. The summed E-state index contributed by atoms with van der Waals surface area (Å²) >= 11 is 0. The first-order chi connectivity index (χ1) is 10.7. The number of nitrogens with zero attached hydrogens (tertiary/aromatic N) is 3. The van der Waals surface area contributed by atoms with Gasteiger partial charge in [0.2, 0.25) is 0 Å². The van der Waals surface area contributed by atoms with Crippen molar-refractivity contribution in [3.05, 3.63) is 30.7 Å². The lowest BCUT2D eigenvalue weighted by molar-refractivity contribution is 0.348. The fraction of sp³-hybridized carbons (Fsp3) is 0.632. The molecule has 3 heteroatoms. The van der Waals surface area contributed by atoms with Gasteiger partial charge in [-0.15, -0.1) is 0 Å². The predicted octanol–water partition coefficient (Wildman–Crippen LogP) is 5.58. The minimum Gasteiger partial charge on any atom is -0.181 e. The third kappa shape index (κ3) is 5.11. The second kappa shape index (κ2) is 8.92. The van der Waals surface area contributed by atoms with Gasteiger partial charge in [-0.25, -0.2) is 0 Å². The van der Waals surface area contributed by atoms with Crippen molar-refractivity contribution in [1.82, 2.24) is 15.0 Å². The van der Waals surface area contributed by atoms with Gasteiger partial charge in [0.15, 0.2) is 0 Å². The zero-order valence-electron chi connectivity index (χ0n) is 14.3. The third-order valence-electron chi connectivity index (χ3n) is 4.27. The molecule has 0 aliphatic rings. The van der Waals surface area contributed by atoms with Crippen LogP contribution in [-0.2, 0) is 0 Å². The van der Waals surface area contributed by atoms with Crippen LogP contribution in [0.15, 0.2) is 24.3 Å². The molecule has 0 bridgehead atoms. The summed E-state index contributed by atoms with van der Waals surface area (Å²) in [6.07, 6.45) is 11.5. The molecule has 2 atom stereocenters. The molecule has 0 spiro atoms. The van der Waals surface area contributed by atoms with Crippen LogP contribution in [0.1, 0.15) is 71.8 Å². The fourth-order valence-corrected chi connectivity index (χ4v) is 2.96. The van der Waals surface area contributed by atoms with Gasteiger partial charge in [0.1, 0.15) is 11.0 Å². The summed E-state index contributed by atoms with van der Waals surface area (Å²) in [5, 5.41) is 9.18. The molecule has 2 unspecified atom stereocenters. The molecule has 121 valence electrons. The Morgan fingerprint density at radius 2 is 1.73 bits per heavy atom. The third-order valence-corrected chi connectivity index (χ3v) is 4.27. The normalized spacial score (nSPS) is 14.3. The molecule has 0 fully saturated rings. The Labute approximate surface area is 135 Å². The number of benzene rings is 1. The van der Waals surface area contributed by atoms with E-state index < -0.39 is 0 Å². The van der Waals surface area contributed by atoms with Gasteiger partial charge in [0.25, 0.3) is 0 Å². The Kier molecular flexibility index (Phi) is 6.88. The van der Waals surface area contributed by atoms with Crippen LogP contribution >= 0.6 is 0 Å². The summed E-state index contributed by atoms with van der Waals surface area (Å²) in [5.74, 6) is 0.690. The quantitative estimate of drug-likeness (QED) is 0.536. The highest BCUT2D eigenvalue weighted by atomic mass is 15.5. The predicted molar refractivity (Wildman–Crippen MR) is 93.7 cm³/mol.